The van der Waals surface area contributed by atoms with E-state index in [9.17, 15) is 13.2 Å². The molecule has 0 aliphatic heterocycles. The molecule has 0 aromatic carbocycles. The summed E-state index contributed by atoms with van der Waals surface area (Å²) in [5.41, 5.74) is 0. The number of rotatable bonds is 3. The van der Waals surface area contributed by atoms with Gasteiger partial charge in [0.2, 0.25) is 0 Å². The van der Waals surface area contributed by atoms with Crippen LogP contribution in [0.5, 0.6) is 0 Å². The number of alkyl halides is 5. The van der Waals surface area contributed by atoms with Crippen LogP contribution < -0.4 is 0 Å². The highest BCUT2D eigenvalue weighted by atomic mass is 79.9. The number of halogens is 5. The molecule has 56 valence electrons. The van der Waals surface area contributed by atoms with Crippen molar-refractivity contribution in [3.05, 3.63) is 0 Å². The van der Waals surface area contributed by atoms with Gasteiger partial charge in [0.05, 0.1) is 3.74 Å². The zero-order valence-electron chi connectivity index (χ0n) is 4.33. The normalized spacial score (nSPS) is 15.0. The smallest absolute Gasteiger partial charge is 0.241 e. The van der Waals surface area contributed by atoms with E-state index < -0.39 is 12.6 Å². The monoisotopic (exact) mass is 268 g/mol. The fraction of sp³-hybridized carbons (Fsp3) is 1.00. The van der Waals surface area contributed by atoms with Crippen LogP contribution >= 0.6 is 31.9 Å². The van der Waals surface area contributed by atoms with Crippen molar-refractivity contribution in [1.82, 2.24) is 0 Å². The molecule has 0 saturated carbocycles. The van der Waals surface area contributed by atoms with Crippen molar-refractivity contribution in [3.8, 4) is 0 Å². The number of hydrogen-bond donors (Lipinski definition) is 0. The Labute approximate surface area is 68.1 Å². The first kappa shape index (κ1) is 9.75. The maximum Gasteiger partial charge on any atom is 0.269 e. The molecule has 0 spiro atoms. The first-order valence-electron chi connectivity index (χ1n) is 2.24. The average molecular weight is 270 g/mol. The van der Waals surface area contributed by atoms with E-state index in [1.54, 1.807) is 0 Å². The molecule has 1 atom stereocenters. The van der Waals surface area contributed by atoms with Crippen LogP contribution in [0.3, 0.4) is 0 Å². The Morgan fingerprint density at radius 3 is 1.67 bits per heavy atom. The second kappa shape index (κ2) is 4.55. The van der Waals surface area contributed by atoms with Crippen LogP contribution in [-0.2, 0) is 0 Å². The minimum Gasteiger partial charge on any atom is -0.241 e. The lowest BCUT2D eigenvalue weighted by molar-refractivity contribution is 0.0482. The predicted octanol–water partition coefficient (Wildman–Crippen LogP) is 3.10. The molecule has 0 bridgehead atoms. The largest absolute Gasteiger partial charge is 0.269 e. The molecule has 9 heavy (non-hydrogen) atoms. The van der Waals surface area contributed by atoms with E-state index in [1.165, 1.54) is 0 Å². The van der Waals surface area contributed by atoms with E-state index in [4.69, 9.17) is 0 Å². The molecule has 1 unspecified atom stereocenters. The van der Waals surface area contributed by atoms with Crippen molar-refractivity contribution < 1.29 is 13.2 Å². The Morgan fingerprint density at radius 2 is 1.56 bits per heavy atom. The molecule has 0 fully saturated rings. The van der Waals surface area contributed by atoms with Gasteiger partial charge in [-0.1, -0.05) is 31.9 Å². The van der Waals surface area contributed by atoms with Gasteiger partial charge in [0.1, 0.15) is 0 Å². The predicted molar refractivity (Wildman–Crippen MR) is 37.2 cm³/mol. The average Bonchev–Trinajstić information content (AvgIpc) is 1.63. The van der Waals surface area contributed by atoms with E-state index >= 15 is 0 Å². The standard InChI is InChI=1S/C4H5Br2F3/c5-3(6)1-2(7)4(8)9/h2-4H,1H2. The first-order valence-corrected chi connectivity index (χ1v) is 4.07. The van der Waals surface area contributed by atoms with Crippen LogP contribution in [0.4, 0.5) is 13.2 Å². The highest BCUT2D eigenvalue weighted by Crippen LogP contribution is 2.20. The van der Waals surface area contributed by atoms with Gasteiger partial charge in [0.25, 0.3) is 6.43 Å². The van der Waals surface area contributed by atoms with Gasteiger partial charge < -0.3 is 0 Å². The molecule has 5 heteroatoms. The van der Waals surface area contributed by atoms with Gasteiger partial charge in [-0.05, 0) is 0 Å². The molecule has 0 radical (unpaired) electrons. The summed E-state index contributed by atoms with van der Waals surface area (Å²) in [7, 11) is 0. The van der Waals surface area contributed by atoms with E-state index in [-0.39, 0.29) is 10.2 Å². The summed E-state index contributed by atoms with van der Waals surface area (Å²) in [6.07, 6.45) is -5.12. The Hall–Kier alpha value is 0.750. The van der Waals surface area contributed by atoms with Crippen LogP contribution in [-0.4, -0.2) is 16.3 Å². The lowest BCUT2D eigenvalue weighted by Crippen LogP contribution is -2.14. The van der Waals surface area contributed by atoms with Crippen LogP contribution in [0.25, 0.3) is 0 Å². The quantitative estimate of drug-likeness (QED) is 0.691. The Morgan fingerprint density at radius 1 is 1.11 bits per heavy atom. The highest BCUT2D eigenvalue weighted by molar-refractivity contribution is 9.24. The summed E-state index contributed by atoms with van der Waals surface area (Å²) in [5, 5.41) is 0. The second-order valence-corrected chi connectivity index (χ2v) is 4.92. The molecule has 0 N–H and O–H groups in total. The summed E-state index contributed by atoms with van der Waals surface area (Å²) in [6, 6.07) is 0. The summed E-state index contributed by atoms with van der Waals surface area (Å²) < 4.78 is 34.3. The summed E-state index contributed by atoms with van der Waals surface area (Å²) >= 11 is 5.77. The van der Waals surface area contributed by atoms with Crippen molar-refractivity contribution in [2.45, 2.75) is 22.8 Å². The SMILES string of the molecule is FC(F)C(F)CC(Br)Br. The van der Waals surface area contributed by atoms with Gasteiger partial charge in [-0.3, -0.25) is 0 Å². The van der Waals surface area contributed by atoms with E-state index in [0.29, 0.717) is 0 Å². The molecule has 0 aromatic rings. The third-order valence-electron chi connectivity index (χ3n) is 0.677. The van der Waals surface area contributed by atoms with Crippen molar-refractivity contribution in [3.63, 3.8) is 0 Å². The van der Waals surface area contributed by atoms with Gasteiger partial charge >= 0.3 is 0 Å². The minimum absolute atomic E-state index is 0.211. The van der Waals surface area contributed by atoms with Crippen molar-refractivity contribution in [2.24, 2.45) is 0 Å². The summed E-state index contributed by atoms with van der Waals surface area (Å²) in [4.78, 5) is 0. The summed E-state index contributed by atoms with van der Waals surface area (Å²) in [5.74, 6) is 0. The first-order chi connectivity index (χ1) is 4.04. The molecule has 0 aromatic heterocycles. The molecule has 0 nitrogen and oxygen atoms in total. The van der Waals surface area contributed by atoms with Crippen LogP contribution in [0.15, 0.2) is 0 Å². The van der Waals surface area contributed by atoms with Gasteiger partial charge in [-0.15, -0.1) is 0 Å². The highest BCUT2D eigenvalue weighted by Gasteiger charge is 2.20. The second-order valence-electron chi connectivity index (χ2n) is 1.48. The van der Waals surface area contributed by atoms with Crippen molar-refractivity contribution in [1.29, 1.82) is 0 Å². The lowest BCUT2D eigenvalue weighted by atomic mass is 10.3. The van der Waals surface area contributed by atoms with Crippen LogP contribution in [0, 0.1) is 0 Å². The third kappa shape index (κ3) is 5.21. The van der Waals surface area contributed by atoms with E-state index in [2.05, 4.69) is 31.9 Å². The fourth-order valence-corrected chi connectivity index (χ4v) is 0.987. The summed E-state index contributed by atoms with van der Waals surface area (Å²) in [6.45, 7) is 0. The molecule has 0 amide bonds. The molecule has 0 heterocycles. The van der Waals surface area contributed by atoms with Crippen LogP contribution in [0.2, 0.25) is 0 Å². The van der Waals surface area contributed by atoms with Crippen molar-refractivity contribution in [2.75, 3.05) is 0 Å². The Balaban J connectivity index is 3.38. The Kier molecular flexibility index (Phi) is 4.93. The Bertz CT molecular complexity index is 76.2. The topological polar surface area (TPSA) is 0 Å². The zero-order chi connectivity index (χ0) is 7.44. The van der Waals surface area contributed by atoms with Gasteiger partial charge in [0, 0.05) is 6.42 Å². The zero-order valence-corrected chi connectivity index (χ0v) is 7.50. The van der Waals surface area contributed by atoms with Gasteiger partial charge in [0.15, 0.2) is 6.17 Å². The lowest BCUT2D eigenvalue weighted by Gasteiger charge is -2.05. The van der Waals surface area contributed by atoms with E-state index in [1.807, 2.05) is 0 Å². The third-order valence-corrected chi connectivity index (χ3v) is 1.42. The van der Waals surface area contributed by atoms with E-state index in [0.717, 1.165) is 0 Å². The maximum absolute atomic E-state index is 12.0. The van der Waals surface area contributed by atoms with Gasteiger partial charge in [-0.25, -0.2) is 13.2 Å². The number of hydrogen-bond acceptors (Lipinski definition) is 0. The fourth-order valence-electron chi connectivity index (χ4n) is 0.273. The van der Waals surface area contributed by atoms with Gasteiger partial charge in [-0.2, -0.15) is 0 Å². The minimum atomic E-state index is -2.87. The molecule has 0 rings (SSSR count). The maximum atomic E-state index is 12.0. The molecule has 0 saturated heterocycles. The molecular weight excluding hydrogens is 265 g/mol. The molecule has 0 aliphatic rings. The molecule has 0 aliphatic carbocycles. The molecular formula is C4H5Br2F3. The van der Waals surface area contributed by atoms with Crippen LogP contribution in [0.1, 0.15) is 6.42 Å². The van der Waals surface area contributed by atoms with Crippen molar-refractivity contribution >= 4 is 31.9 Å².